The van der Waals surface area contributed by atoms with Crippen LogP contribution in [0.25, 0.3) is 10.9 Å². The average Bonchev–Trinajstić information content (AvgIpc) is 3.61. The predicted octanol–water partition coefficient (Wildman–Crippen LogP) is 2.97. The van der Waals surface area contributed by atoms with Crippen LogP contribution in [0.4, 0.5) is 0 Å². The fraction of sp³-hybridized carbons (Fsp3) is 0.432. The van der Waals surface area contributed by atoms with E-state index in [9.17, 15) is 28.8 Å². The van der Waals surface area contributed by atoms with Crippen LogP contribution >= 0.6 is 0 Å². The normalized spacial score (nSPS) is 21.5. The van der Waals surface area contributed by atoms with Crippen molar-refractivity contribution in [2.24, 2.45) is 11.8 Å². The number of hydrogen-bond donors (Lipinski definition) is 6. The van der Waals surface area contributed by atoms with E-state index in [1.807, 2.05) is 52.0 Å². The summed E-state index contributed by atoms with van der Waals surface area (Å²) in [5.74, 6) is -3.23. The number of para-hydroxylation sites is 1. The molecule has 0 bridgehead atoms. The third-order valence-electron chi connectivity index (χ3n) is 10.4. The molecule has 15 nitrogen and oxygen atoms in total. The molecular weight excluding hydrogens is 753 g/mol. The molecule has 0 unspecified atom stereocenters. The number of ether oxygens (including phenoxy) is 1. The Kier molecular flexibility index (Phi) is 14.8. The summed E-state index contributed by atoms with van der Waals surface area (Å²) in [6, 6.07) is 14.4. The van der Waals surface area contributed by atoms with Gasteiger partial charge in [0.2, 0.25) is 29.5 Å². The van der Waals surface area contributed by atoms with E-state index in [4.69, 9.17) is 4.74 Å². The summed E-state index contributed by atoms with van der Waals surface area (Å²) < 4.78 is 5.29. The van der Waals surface area contributed by atoms with E-state index in [2.05, 4.69) is 36.6 Å². The highest BCUT2D eigenvalue weighted by Crippen LogP contribution is 2.20. The van der Waals surface area contributed by atoms with Gasteiger partial charge >= 0.3 is 0 Å². The zero-order valence-electron chi connectivity index (χ0n) is 34.8. The van der Waals surface area contributed by atoms with Gasteiger partial charge in [-0.15, -0.1) is 0 Å². The fourth-order valence-corrected chi connectivity index (χ4v) is 6.99. The van der Waals surface area contributed by atoms with Crippen molar-refractivity contribution in [3.63, 3.8) is 0 Å². The number of aromatic amines is 1. The van der Waals surface area contributed by atoms with E-state index >= 15 is 0 Å². The molecular formula is C44H56N8O7. The molecule has 3 heterocycles. The maximum atomic E-state index is 14.4. The van der Waals surface area contributed by atoms with Crippen molar-refractivity contribution in [2.45, 2.75) is 91.0 Å². The van der Waals surface area contributed by atoms with Gasteiger partial charge in [0.25, 0.3) is 5.91 Å². The van der Waals surface area contributed by atoms with Gasteiger partial charge in [-0.2, -0.15) is 0 Å². The van der Waals surface area contributed by atoms with Crippen LogP contribution in [0.5, 0.6) is 5.75 Å². The molecule has 314 valence electrons. The van der Waals surface area contributed by atoms with E-state index < -0.39 is 72.2 Å². The van der Waals surface area contributed by atoms with Crippen LogP contribution in [-0.4, -0.2) is 101 Å². The number of aromatic nitrogens is 2. The number of H-pyrrole nitrogens is 1. The van der Waals surface area contributed by atoms with Crippen LogP contribution in [0.3, 0.4) is 0 Å². The third-order valence-corrected chi connectivity index (χ3v) is 10.4. The minimum absolute atomic E-state index is 0.0516. The Hall–Kier alpha value is -6.25. The summed E-state index contributed by atoms with van der Waals surface area (Å²) in [7, 11) is 1.54. The molecule has 6 N–H and O–H groups in total. The number of amides is 6. The van der Waals surface area contributed by atoms with Gasteiger partial charge in [0.15, 0.2) is 0 Å². The van der Waals surface area contributed by atoms with E-state index in [-0.39, 0.29) is 43.3 Å². The first-order valence-electron chi connectivity index (χ1n) is 20.0. The van der Waals surface area contributed by atoms with Crippen LogP contribution in [0.15, 0.2) is 72.9 Å². The molecule has 5 rings (SSSR count). The van der Waals surface area contributed by atoms with Crippen LogP contribution in [0.2, 0.25) is 0 Å². The van der Waals surface area contributed by atoms with E-state index in [0.717, 1.165) is 16.5 Å². The van der Waals surface area contributed by atoms with Gasteiger partial charge < -0.3 is 41.2 Å². The zero-order valence-corrected chi connectivity index (χ0v) is 34.8. The van der Waals surface area contributed by atoms with Crippen molar-refractivity contribution >= 4 is 46.3 Å². The standard InChI is InChI=1S/C44H56N8O7/c1-25(2)19-35-42(56)50-36(20-29-15-17-31(59-7)18-16-29)41(55)47-28(6)40(54)51-38(26(3)4)23-52(44(58)34-14-10-11-27(5)46-34)24-39(53)48-37(43(57)49-35)21-30-22-45-33-13-9-8-12-32(30)33/h8-18,22,25-26,28,35-38,45H,19-21,23-24H2,1-7H3,(H,47,55)(H,48,53)(H,49,57)(H,50,56)(H,51,54)/t28-,35+,36+,37-,38-/m1/s1. The Bertz CT molecular complexity index is 2130. The fourth-order valence-electron chi connectivity index (χ4n) is 6.99. The van der Waals surface area contributed by atoms with Crippen molar-refractivity contribution in [2.75, 3.05) is 20.2 Å². The largest absolute Gasteiger partial charge is 0.497 e. The number of hydrogen-bond acceptors (Lipinski definition) is 8. The number of methoxy groups -OCH3 is 1. The maximum absolute atomic E-state index is 14.4. The number of rotatable bonds is 9. The number of benzene rings is 2. The van der Waals surface area contributed by atoms with Crippen molar-refractivity contribution in [1.82, 2.24) is 41.5 Å². The highest BCUT2D eigenvalue weighted by Gasteiger charge is 2.34. The van der Waals surface area contributed by atoms with Gasteiger partial charge in [0.05, 0.1) is 13.7 Å². The second-order valence-corrected chi connectivity index (χ2v) is 15.9. The van der Waals surface area contributed by atoms with Crippen LogP contribution in [0, 0.1) is 18.8 Å². The van der Waals surface area contributed by atoms with Gasteiger partial charge in [0.1, 0.15) is 35.6 Å². The summed E-state index contributed by atoms with van der Waals surface area (Å²) in [4.78, 5) is 93.5. The Balaban J connectivity index is 1.55. The lowest BCUT2D eigenvalue weighted by molar-refractivity contribution is -0.135. The van der Waals surface area contributed by atoms with E-state index in [1.54, 1.807) is 62.7 Å². The highest BCUT2D eigenvalue weighted by molar-refractivity contribution is 5.98. The molecule has 0 saturated carbocycles. The number of carbonyl (C=O) groups excluding carboxylic acids is 6. The molecule has 0 spiro atoms. The molecule has 2 aromatic heterocycles. The Labute approximate surface area is 344 Å². The van der Waals surface area contributed by atoms with Gasteiger partial charge in [-0.1, -0.05) is 64.1 Å². The Morgan fingerprint density at radius 2 is 1.44 bits per heavy atom. The second-order valence-electron chi connectivity index (χ2n) is 15.9. The molecule has 6 amide bonds. The molecule has 2 aromatic carbocycles. The maximum Gasteiger partial charge on any atom is 0.272 e. The van der Waals surface area contributed by atoms with Gasteiger partial charge in [0, 0.05) is 48.2 Å². The topological polar surface area (TPSA) is 204 Å². The molecule has 4 aromatic rings. The number of carbonyl (C=O) groups is 6. The molecule has 1 aliphatic rings. The first kappa shape index (κ1) is 43.9. The lowest BCUT2D eigenvalue weighted by Gasteiger charge is -2.32. The second kappa shape index (κ2) is 19.9. The van der Waals surface area contributed by atoms with Crippen LogP contribution in [-0.2, 0) is 36.8 Å². The van der Waals surface area contributed by atoms with Crippen molar-refractivity contribution in [1.29, 1.82) is 0 Å². The molecule has 15 heteroatoms. The summed E-state index contributed by atoms with van der Waals surface area (Å²) in [5, 5.41) is 15.1. The first-order valence-corrected chi connectivity index (χ1v) is 20.0. The minimum atomic E-state index is -1.18. The van der Waals surface area contributed by atoms with Crippen molar-refractivity contribution in [3.8, 4) is 5.75 Å². The van der Waals surface area contributed by atoms with Gasteiger partial charge in [-0.25, -0.2) is 4.98 Å². The smallest absolute Gasteiger partial charge is 0.272 e. The van der Waals surface area contributed by atoms with Crippen LogP contribution in [0.1, 0.15) is 68.3 Å². The van der Waals surface area contributed by atoms with Gasteiger partial charge in [-0.05, 0) is 73.6 Å². The molecule has 1 fully saturated rings. The van der Waals surface area contributed by atoms with Gasteiger partial charge in [-0.3, -0.25) is 28.8 Å². The summed E-state index contributed by atoms with van der Waals surface area (Å²) in [6.07, 6.45) is 2.10. The summed E-state index contributed by atoms with van der Waals surface area (Å²) in [6.45, 7) is 10.2. The first-order chi connectivity index (χ1) is 28.1. The summed E-state index contributed by atoms with van der Waals surface area (Å²) >= 11 is 0. The summed E-state index contributed by atoms with van der Waals surface area (Å²) in [5.41, 5.74) is 3.00. The third kappa shape index (κ3) is 11.9. The minimum Gasteiger partial charge on any atom is -0.497 e. The number of aryl methyl sites for hydroxylation is 1. The average molecular weight is 809 g/mol. The molecule has 0 aliphatic carbocycles. The van der Waals surface area contributed by atoms with Crippen molar-refractivity contribution < 1.29 is 33.5 Å². The molecule has 5 atom stereocenters. The number of nitrogens with one attached hydrogen (secondary N) is 6. The molecule has 1 saturated heterocycles. The van der Waals surface area contributed by atoms with Crippen molar-refractivity contribution in [3.05, 3.63) is 95.4 Å². The predicted molar refractivity (Wildman–Crippen MR) is 223 cm³/mol. The number of fused-ring (bicyclic) bond motifs is 1. The van der Waals surface area contributed by atoms with E-state index in [1.165, 1.54) is 11.8 Å². The SMILES string of the molecule is COc1ccc(C[C@@H]2NC(=O)[C@H](CC(C)C)NC(=O)[C@@H](Cc3c[nH]c4ccccc34)NC(=O)CN(C(=O)c3cccc(C)n3)C[C@H](C(C)C)NC(=O)[C@@H](C)NC2=O)cc1. The Morgan fingerprint density at radius 1 is 0.780 bits per heavy atom. The monoisotopic (exact) mass is 808 g/mol. The van der Waals surface area contributed by atoms with E-state index in [0.29, 0.717) is 17.0 Å². The number of pyridine rings is 1. The quantitative estimate of drug-likeness (QED) is 0.148. The van der Waals surface area contributed by atoms with Crippen LogP contribution < -0.4 is 31.3 Å². The highest BCUT2D eigenvalue weighted by atomic mass is 16.5. The Morgan fingerprint density at radius 3 is 2.12 bits per heavy atom. The molecule has 1 aliphatic heterocycles. The molecule has 59 heavy (non-hydrogen) atoms. The lowest BCUT2D eigenvalue weighted by Crippen LogP contribution is -2.60. The lowest BCUT2D eigenvalue weighted by atomic mass is 9.99. The molecule has 0 radical (unpaired) electrons. The number of nitrogens with zero attached hydrogens (tertiary/aromatic N) is 2. The zero-order chi connectivity index (χ0) is 42.8.